The maximum atomic E-state index is 11.0. The predicted molar refractivity (Wildman–Crippen MR) is 60.6 cm³/mol. The SMILES string of the molecule is CC#CCSc1ccc(C(C)=O)cc1. The molecule has 0 atom stereocenters. The van der Waals surface area contributed by atoms with Crippen LogP contribution >= 0.6 is 11.8 Å². The average Bonchev–Trinajstić information content (AvgIpc) is 2.19. The Morgan fingerprint density at radius 3 is 2.50 bits per heavy atom. The van der Waals surface area contributed by atoms with Gasteiger partial charge in [-0.1, -0.05) is 18.1 Å². The van der Waals surface area contributed by atoms with Crippen LogP contribution in [0.15, 0.2) is 29.2 Å². The van der Waals surface area contributed by atoms with Gasteiger partial charge in [0, 0.05) is 10.5 Å². The third-order valence-corrected chi connectivity index (χ3v) is 2.64. The lowest BCUT2D eigenvalue weighted by Gasteiger charge is -1.98. The fourth-order valence-corrected chi connectivity index (χ4v) is 1.69. The minimum atomic E-state index is 0.106. The Morgan fingerprint density at radius 2 is 2.00 bits per heavy atom. The van der Waals surface area contributed by atoms with Gasteiger partial charge in [-0.3, -0.25) is 4.79 Å². The molecule has 0 fully saturated rings. The number of thioether (sulfide) groups is 1. The van der Waals surface area contributed by atoms with Crippen LogP contribution in [0, 0.1) is 11.8 Å². The summed E-state index contributed by atoms with van der Waals surface area (Å²) in [5.41, 5.74) is 0.760. The Morgan fingerprint density at radius 1 is 1.36 bits per heavy atom. The van der Waals surface area contributed by atoms with E-state index in [-0.39, 0.29) is 5.78 Å². The molecule has 0 aliphatic carbocycles. The zero-order chi connectivity index (χ0) is 10.4. The first kappa shape index (κ1) is 10.9. The van der Waals surface area contributed by atoms with Crippen molar-refractivity contribution in [1.29, 1.82) is 0 Å². The summed E-state index contributed by atoms with van der Waals surface area (Å²) in [6, 6.07) is 7.62. The molecule has 0 saturated carbocycles. The molecule has 1 aromatic rings. The summed E-state index contributed by atoms with van der Waals surface area (Å²) in [7, 11) is 0. The van der Waals surface area contributed by atoms with Crippen LogP contribution in [0.4, 0.5) is 0 Å². The fraction of sp³-hybridized carbons (Fsp3) is 0.250. The molecule has 1 rings (SSSR count). The van der Waals surface area contributed by atoms with Crippen LogP contribution in [0.5, 0.6) is 0 Å². The van der Waals surface area contributed by atoms with Crippen molar-refractivity contribution >= 4 is 17.5 Å². The molecule has 0 spiro atoms. The Bertz CT molecular complexity index is 368. The summed E-state index contributed by atoms with van der Waals surface area (Å²) < 4.78 is 0. The molecule has 0 heterocycles. The van der Waals surface area contributed by atoms with Gasteiger partial charge < -0.3 is 0 Å². The molecule has 1 aromatic carbocycles. The zero-order valence-corrected chi connectivity index (χ0v) is 9.15. The smallest absolute Gasteiger partial charge is 0.159 e. The van der Waals surface area contributed by atoms with Crippen LogP contribution in [0.1, 0.15) is 24.2 Å². The highest BCUT2D eigenvalue weighted by atomic mass is 32.2. The van der Waals surface area contributed by atoms with E-state index in [1.165, 1.54) is 0 Å². The van der Waals surface area contributed by atoms with E-state index >= 15 is 0 Å². The predicted octanol–water partition coefficient (Wildman–Crippen LogP) is 3.00. The largest absolute Gasteiger partial charge is 0.295 e. The minimum absolute atomic E-state index is 0.106. The number of hydrogen-bond acceptors (Lipinski definition) is 2. The van der Waals surface area contributed by atoms with Crippen molar-refractivity contribution < 1.29 is 4.79 Å². The van der Waals surface area contributed by atoms with Crippen molar-refractivity contribution in [3.63, 3.8) is 0 Å². The molecule has 0 N–H and O–H groups in total. The van der Waals surface area contributed by atoms with Crippen LogP contribution in [0.25, 0.3) is 0 Å². The van der Waals surface area contributed by atoms with E-state index in [0.29, 0.717) is 0 Å². The summed E-state index contributed by atoms with van der Waals surface area (Å²) in [5, 5.41) is 0. The van der Waals surface area contributed by atoms with Crippen LogP contribution < -0.4 is 0 Å². The molecular weight excluding hydrogens is 192 g/mol. The van der Waals surface area contributed by atoms with Gasteiger partial charge in [-0.15, -0.1) is 17.7 Å². The molecular formula is C12H12OS. The minimum Gasteiger partial charge on any atom is -0.295 e. The molecule has 0 bridgehead atoms. The summed E-state index contributed by atoms with van der Waals surface area (Å²) in [6.45, 7) is 3.41. The van der Waals surface area contributed by atoms with Crippen molar-refractivity contribution in [2.75, 3.05) is 5.75 Å². The van der Waals surface area contributed by atoms with Gasteiger partial charge in [0.2, 0.25) is 0 Å². The number of benzene rings is 1. The monoisotopic (exact) mass is 204 g/mol. The van der Waals surface area contributed by atoms with E-state index < -0.39 is 0 Å². The standard InChI is InChI=1S/C12H12OS/c1-3-4-9-14-12-7-5-11(6-8-12)10(2)13/h5-8H,9H2,1-2H3. The van der Waals surface area contributed by atoms with Crippen molar-refractivity contribution in [2.24, 2.45) is 0 Å². The molecule has 0 aromatic heterocycles. The van der Waals surface area contributed by atoms with E-state index in [9.17, 15) is 4.79 Å². The quantitative estimate of drug-likeness (QED) is 0.428. The molecule has 0 saturated heterocycles. The van der Waals surface area contributed by atoms with Crippen LogP contribution in [0.3, 0.4) is 0 Å². The number of hydrogen-bond donors (Lipinski definition) is 0. The number of rotatable bonds is 3. The second-order valence-corrected chi connectivity index (χ2v) is 3.84. The lowest BCUT2D eigenvalue weighted by Crippen LogP contribution is -1.90. The number of ketones is 1. The lowest BCUT2D eigenvalue weighted by atomic mass is 10.2. The van der Waals surface area contributed by atoms with E-state index in [0.717, 1.165) is 16.2 Å². The lowest BCUT2D eigenvalue weighted by molar-refractivity contribution is 0.101. The van der Waals surface area contributed by atoms with Crippen molar-refractivity contribution in [3.05, 3.63) is 29.8 Å². The van der Waals surface area contributed by atoms with Crippen molar-refractivity contribution in [2.45, 2.75) is 18.7 Å². The summed E-state index contributed by atoms with van der Waals surface area (Å²) >= 11 is 1.68. The summed E-state index contributed by atoms with van der Waals surface area (Å²) in [6.07, 6.45) is 0. The molecule has 0 aliphatic rings. The molecule has 0 unspecified atom stereocenters. The molecule has 14 heavy (non-hydrogen) atoms. The second-order valence-electron chi connectivity index (χ2n) is 2.80. The molecule has 72 valence electrons. The second kappa shape index (κ2) is 5.51. The Balaban J connectivity index is 2.62. The fourth-order valence-electron chi connectivity index (χ4n) is 0.977. The molecule has 2 heteroatoms. The van der Waals surface area contributed by atoms with Gasteiger partial charge in [0.15, 0.2) is 5.78 Å². The third-order valence-electron chi connectivity index (χ3n) is 1.75. The van der Waals surface area contributed by atoms with E-state index in [1.807, 2.05) is 31.2 Å². The van der Waals surface area contributed by atoms with Gasteiger partial charge in [0.25, 0.3) is 0 Å². The first-order chi connectivity index (χ1) is 6.74. The number of carbonyl (C=O) groups is 1. The first-order valence-corrected chi connectivity index (χ1v) is 5.36. The molecule has 0 aliphatic heterocycles. The van der Waals surface area contributed by atoms with Gasteiger partial charge in [0.05, 0.1) is 5.75 Å². The van der Waals surface area contributed by atoms with E-state index in [1.54, 1.807) is 18.7 Å². The molecule has 0 amide bonds. The topological polar surface area (TPSA) is 17.1 Å². The maximum absolute atomic E-state index is 11.0. The third kappa shape index (κ3) is 3.27. The van der Waals surface area contributed by atoms with E-state index in [4.69, 9.17) is 0 Å². The Kier molecular flexibility index (Phi) is 4.28. The Labute approximate surface area is 88.9 Å². The van der Waals surface area contributed by atoms with Gasteiger partial charge in [0.1, 0.15) is 0 Å². The summed E-state index contributed by atoms with van der Waals surface area (Å²) in [5.74, 6) is 6.73. The van der Waals surface area contributed by atoms with Crippen LogP contribution in [0.2, 0.25) is 0 Å². The van der Waals surface area contributed by atoms with E-state index in [2.05, 4.69) is 11.8 Å². The van der Waals surface area contributed by atoms with Gasteiger partial charge in [-0.2, -0.15) is 0 Å². The van der Waals surface area contributed by atoms with Crippen molar-refractivity contribution in [1.82, 2.24) is 0 Å². The molecule has 1 nitrogen and oxygen atoms in total. The van der Waals surface area contributed by atoms with Gasteiger partial charge in [-0.05, 0) is 26.0 Å². The highest BCUT2D eigenvalue weighted by molar-refractivity contribution is 7.99. The average molecular weight is 204 g/mol. The van der Waals surface area contributed by atoms with Crippen LogP contribution in [-0.4, -0.2) is 11.5 Å². The molecule has 0 radical (unpaired) electrons. The Hall–Kier alpha value is -1.20. The zero-order valence-electron chi connectivity index (χ0n) is 8.33. The highest BCUT2D eigenvalue weighted by Gasteiger charge is 1.98. The van der Waals surface area contributed by atoms with Gasteiger partial charge in [-0.25, -0.2) is 0 Å². The number of Topliss-reactive ketones (excluding diaryl/α,β-unsaturated/α-hetero) is 1. The highest BCUT2D eigenvalue weighted by Crippen LogP contribution is 2.17. The number of carbonyl (C=O) groups excluding carboxylic acids is 1. The van der Waals surface area contributed by atoms with Crippen LogP contribution in [-0.2, 0) is 0 Å². The summed E-state index contributed by atoms with van der Waals surface area (Å²) in [4.78, 5) is 12.1. The first-order valence-electron chi connectivity index (χ1n) is 4.37. The van der Waals surface area contributed by atoms with Gasteiger partial charge >= 0.3 is 0 Å². The maximum Gasteiger partial charge on any atom is 0.159 e. The normalized spacial score (nSPS) is 9.00. The van der Waals surface area contributed by atoms with Crippen molar-refractivity contribution in [3.8, 4) is 11.8 Å².